The van der Waals surface area contributed by atoms with Gasteiger partial charge in [0.2, 0.25) is 5.78 Å². The van der Waals surface area contributed by atoms with Crippen molar-refractivity contribution >= 4 is 28.7 Å². The first kappa shape index (κ1) is 18.4. The average molecular weight is 404 g/mol. The van der Waals surface area contributed by atoms with Crippen LogP contribution in [0.3, 0.4) is 0 Å². The largest absolute Gasteiger partial charge is 0.496 e. The van der Waals surface area contributed by atoms with Gasteiger partial charge < -0.3 is 19.7 Å². The maximum absolute atomic E-state index is 13.2. The zero-order valence-corrected chi connectivity index (χ0v) is 16.4. The molecule has 2 aliphatic rings. The van der Waals surface area contributed by atoms with E-state index < -0.39 is 0 Å². The number of carbonyl (C=O) groups excluding carboxylic acids is 2. The molecule has 0 spiro atoms. The summed E-state index contributed by atoms with van der Waals surface area (Å²) in [7, 11) is 1.50. The molecule has 0 radical (unpaired) electrons. The predicted octanol–water partition coefficient (Wildman–Crippen LogP) is 2.23. The minimum absolute atomic E-state index is 0.130. The molecule has 8 heteroatoms. The van der Waals surface area contributed by atoms with Crippen molar-refractivity contribution in [3.63, 3.8) is 0 Å². The molecule has 0 atom stereocenters. The molecule has 1 aromatic heterocycles. The fraction of sp³-hybridized carbons (Fsp3) is 0.227. The summed E-state index contributed by atoms with van der Waals surface area (Å²) in [5.74, 6) is 0.272. The maximum Gasteiger partial charge on any atom is 0.261 e. The summed E-state index contributed by atoms with van der Waals surface area (Å²) < 4.78 is 11.4. The van der Waals surface area contributed by atoms with Crippen LogP contribution in [0.1, 0.15) is 26.4 Å². The Kier molecular flexibility index (Phi) is 4.48. The fourth-order valence-electron chi connectivity index (χ4n) is 3.85. The van der Waals surface area contributed by atoms with Gasteiger partial charge in [0.15, 0.2) is 11.5 Å². The number of hydrogen-bond donors (Lipinski definition) is 2. The third kappa shape index (κ3) is 2.93. The highest BCUT2D eigenvalue weighted by molar-refractivity contribution is 6.17. The Hall–Kier alpha value is -3.65. The van der Waals surface area contributed by atoms with E-state index in [4.69, 9.17) is 9.47 Å². The number of aromatic amines is 1. The number of ketones is 1. The van der Waals surface area contributed by atoms with E-state index in [0.717, 1.165) is 24.0 Å². The zero-order valence-electron chi connectivity index (χ0n) is 16.4. The molecule has 0 unspecified atom stereocenters. The van der Waals surface area contributed by atoms with E-state index in [-0.39, 0.29) is 28.8 Å². The Morgan fingerprint density at radius 1 is 1.20 bits per heavy atom. The van der Waals surface area contributed by atoms with Crippen LogP contribution in [-0.2, 0) is 0 Å². The second kappa shape index (κ2) is 7.31. The number of piperazine rings is 1. The van der Waals surface area contributed by atoms with Crippen molar-refractivity contribution in [2.24, 2.45) is 0 Å². The number of nitrogens with one attached hydrogen (secondary N) is 2. The summed E-state index contributed by atoms with van der Waals surface area (Å²) in [5.41, 5.74) is 2.09. The lowest BCUT2D eigenvalue weighted by atomic mass is 10.0. The highest BCUT2D eigenvalue weighted by atomic mass is 16.5. The number of para-hydroxylation sites is 1. The van der Waals surface area contributed by atoms with E-state index in [1.165, 1.54) is 7.11 Å². The monoisotopic (exact) mass is 404 g/mol. The summed E-state index contributed by atoms with van der Waals surface area (Å²) in [6.07, 6.45) is 1.60. The van der Waals surface area contributed by atoms with E-state index in [2.05, 4.69) is 15.5 Å². The number of nitrogens with zero attached hydrogens (tertiary/aromatic N) is 2. The normalized spacial score (nSPS) is 17.3. The van der Waals surface area contributed by atoms with Crippen LogP contribution in [0, 0.1) is 0 Å². The van der Waals surface area contributed by atoms with Gasteiger partial charge >= 0.3 is 0 Å². The van der Waals surface area contributed by atoms with Crippen molar-refractivity contribution in [2.75, 3.05) is 33.3 Å². The second-order valence-corrected chi connectivity index (χ2v) is 7.16. The predicted molar refractivity (Wildman–Crippen MR) is 111 cm³/mol. The number of allylic oxidation sites excluding steroid dienone is 1. The fourth-order valence-corrected chi connectivity index (χ4v) is 3.85. The molecule has 152 valence electrons. The molecule has 3 aromatic rings. The molecule has 2 aromatic carbocycles. The van der Waals surface area contributed by atoms with Gasteiger partial charge in [0, 0.05) is 37.6 Å². The first-order chi connectivity index (χ1) is 14.7. The van der Waals surface area contributed by atoms with Gasteiger partial charge in [-0.25, -0.2) is 0 Å². The number of H-pyrrole nitrogens is 1. The van der Waals surface area contributed by atoms with Crippen LogP contribution in [0.25, 0.3) is 17.0 Å². The highest BCUT2D eigenvalue weighted by Crippen LogP contribution is 2.40. The van der Waals surface area contributed by atoms with Crippen LogP contribution in [0.4, 0.5) is 0 Å². The molecule has 1 amide bonds. The summed E-state index contributed by atoms with van der Waals surface area (Å²) in [4.78, 5) is 28.0. The van der Waals surface area contributed by atoms with Crippen molar-refractivity contribution in [1.82, 2.24) is 20.4 Å². The van der Waals surface area contributed by atoms with Gasteiger partial charge in [-0.1, -0.05) is 18.2 Å². The number of fused-ring (bicyclic) bond motifs is 2. The number of rotatable bonds is 3. The molecule has 0 aliphatic carbocycles. The summed E-state index contributed by atoms with van der Waals surface area (Å²) >= 11 is 0. The topological polar surface area (TPSA) is 96.5 Å². The zero-order chi connectivity index (χ0) is 20.7. The average Bonchev–Trinajstić information content (AvgIpc) is 3.34. The number of aromatic nitrogens is 2. The van der Waals surface area contributed by atoms with Gasteiger partial charge in [-0.3, -0.25) is 14.7 Å². The molecule has 30 heavy (non-hydrogen) atoms. The lowest BCUT2D eigenvalue weighted by Crippen LogP contribution is -2.46. The Morgan fingerprint density at radius 2 is 2.00 bits per heavy atom. The number of amides is 1. The molecule has 2 N–H and O–H groups in total. The molecule has 0 bridgehead atoms. The first-order valence-electron chi connectivity index (χ1n) is 9.75. The molecule has 1 fully saturated rings. The molecular weight excluding hydrogens is 384 g/mol. The van der Waals surface area contributed by atoms with Crippen LogP contribution in [0.5, 0.6) is 11.5 Å². The van der Waals surface area contributed by atoms with E-state index in [9.17, 15) is 9.59 Å². The van der Waals surface area contributed by atoms with Crippen LogP contribution in [-0.4, -0.2) is 60.1 Å². The highest BCUT2D eigenvalue weighted by Gasteiger charge is 2.35. The van der Waals surface area contributed by atoms with Gasteiger partial charge in [0.05, 0.1) is 23.9 Å². The van der Waals surface area contributed by atoms with Gasteiger partial charge in [-0.15, -0.1) is 0 Å². The maximum atomic E-state index is 13.2. The first-order valence-corrected chi connectivity index (χ1v) is 9.75. The van der Waals surface area contributed by atoms with Crippen molar-refractivity contribution in [3.05, 3.63) is 59.0 Å². The molecule has 0 saturated carbocycles. The third-order valence-electron chi connectivity index (χ3n) is 5.41. The van der Waals surface area contributed by atoms with Crippen molar-refractivity contribution in [2.45, 2.75) is 0 Å². The summed E-state index contributed by atoms with van der Waals surface area (Å²) in [6, 6.07) is 10.9. The number of Topliss-reactive ketones (excluding diaryl/α,β-unsaturated/α-hetero) is 1. The summed E-state index contributed by atoms with van der Waals surface area (Å²) in [5, 5.41) is 11.3. The lowest BCUT2D eigenvalue weighted by Gasteiger charge is -2.28. The SMILES string of the molecule is COc1ccc2c(c1C(=O)N1CCNCC1)O/C(=C\c1n[nH]c3ccccc13)C2=O. The van der Waals surface area contributed by atoms with Crippen molar-refractivity contribution in [1.29, 1.82) is 0 Å². The smallest absolute Gasteiger partial charge is 0.261 e. The molecule has 5 rings (SSSR count). The molecule has 1 saturated heterocycles. The standard InChI is InChI=1S/C22H20N4O4/c1-29-17-7-6-14-20(27)18(12-16-13-4-2-3-5-15(13)24-25-16)30-21(14)19(17)22(28)26-10-8-23-9-11-26/h2-7,12,23H,8-11H2,1H3,(H,24,25)/b18-12-. The van der Waals surface area contributed by atoms with Crippen LogP contribution < -0.4 is 14.8 Å². The number of benzene rings is 2. The molecule has 8 nitrogen and oxygen atoms in total. The van der Waals surface area contributed by atoms with Gasteiger partial charge in [0.25, 0.3) is 5.91 Å². The minimum atomic E-state index is -0.283. The number of ether oxygens (including phenoxy) is 2. The van der Waals surface area contributed by atoms with Crippen LogP contribution in [0.2, 0.25) is 0 Å². The number of hydrogen-bond acceptors (Lipinski definition) is 6. The summed E-state index contributed by atoms with van der Waals surface area (Å²) in [6.45, 7) is 2.61. The second-order valence-electron chi connectivity index (χ2n) is 7.16. The molecule has 2 aliphatic heterocycles. The van der Waals surface area contributed by atoms with E-state index in [1.54, 1.807) is 23.1 Å². The Labute approximate surface area is 172 Å². The third-order valence-corrected chi connectivity index (χ3v) is 5.41. The van der Waals surface area contributed by atoms with Gasteiger partial charge in [-0.2, -0.15) is 5.10 Å². The van der Waals surface area contributed by atoms with E-state index >= 15 is 0 Å². The van der Waals surface area contributed by atoms with Crippen molar-refractivity contribution in [3.8, 4) is 11.5 Å². The van der Waals surface area contributed by atoms with E-state index in [1.807, 2.05) is 24.3 Å². The number of methoxy groups -OCH3 is 1. The molecule has 3 heterocycles. The van der Waals surface area contributed by atoms with Crippen molar-refractivity contribution < 1.29 is 19.1 Å². The lowest BCUT2D eigenvalue weighted by molar-refractivity contribution is 0.0729. The Bertz CT molecular complexity index is 1190. The van der Waals surface area contributed by atoms with Gasteiger partial charge in [0.1, 0.15) is 11.3 Å². The van der Waals surface area contributed by atoms with Crippen LogP contribution in [0.15, 0.2) is 42.2 Å². The Balaban J connectivity index is 1.56. The Morgan fingerprint density at radius 3 is 2.80 bits per heavy atom. The minimum Gasteiger partial charge on any atom is -0.496 e. The van der Waals surface area contributed by atoms with Gasteiger partial charge in [-0.05, 0) is 18.2 Å². The number of carbonyl (C=O) groups is 2. The quantitative estimate of drug-likeness (QED) is 0.650. The van der Waals surface area contributed by atoms with Crippen LogP contribution >= 0.6 is 0 Å². The molecular formula is C22H20N4O4. The van der Waals surface area contributed by atoms with E-state index in [0.29, 0.717) is 30.1 Å².